The van der Waals surface area contributed by atoms with E-state index in [4.69, 9.17) is 9.47 Å². The van der Waals surface area contributed by atoms with Crippen LogP contribution in [-0.2, 0) is 9.47 Å². The fourth-order valence-electron chi connectivity index (χ4n) is 4.70. The van der Waals surface area contributed by atoms with Gasteiger partial charge in [0.15, 0.2) is 0 Å². The van der Waals surface area contributed by atoms with Gasteiger partial charge in [0.05, 0.1) is 18.7 Å². The normalized spacial score (nSPS) is 16.3. The first-order valence-corrected chi connectivity index (χ1v) is 11.0. The SMILES string of the molecule is COC(=O)c1cncc(C2CN(C(=O)OCC3c4ccccc4-c4ccccc43)CCN2)c1.Cl.Cl. The zero-order valence-electron chi connectivity index (χ0n) is 19.2. The lowest BCUT2D eigenvalue weighted by atomic mass is 9.98. The van der Waals surface area contributed by atoms with Crippen LogP contribution in [0.5, 0.6) is 0 Å². The predicted molar refractivity (Wildman–Crippen MR) is 137 cm³/mol. The van der Waals surface area contributed by atoms with Gasteiger partial charge in [-0.25, -0.2) is 9.59 Å². The number of pyridine rings is 1. The Kier molecular flexibility index (Phi) is 8.72. The lowest BCUT2D eigenvalue weighted by Gasteiger charge is -2.33. The van der Waals surface area contributed by atoms with E-state index in [9.17, 15) is 9.59 Å². The number of carbonyl (C=O) groups is 2. The number of hydrogen-bond donors (Lipinski definition) is 1. The second-order valence-electron chi connectivity index (χ2n) is 8.26. The maximum Gasteiger partial charge on any atom is 0.409 e. The van der Waals surface area contributed by atoms with E-state index in [-0.39, 0.29) is 42.9 Å². The molecule has 1 fully saturated rings. The number of hydrogen-bond acceptors (Lipinski definition) is 6. The largest absolute Gasteiger partial charge is 0.465 e. The molecule has 1 N–H and O–H groups in total. The summed E-state index contributed by atoms with van der Waals surface area (Å²) in [6.07, 6.45) is 2.84. The number of nitrogens with one attached hydrogen (secondary N) is 1. The highest BCUT2D eigenvalue weighted by Crippen LogP contribution is 2.44. The van der Waals surface area contributed by atoms with Crippen molar-refractivity contribution in [1.29, 1.82) is 0 Å². The van der Waals surface area contributed by atoms with Gasteiger partial charge in [0.25, 0.3) is 0 Å². The molecule has 0 spiro atoms. The second-order valence-corrected chi connectivity index (χ2v) is 8.26. The molecule has 0 bridgehead atoms. The van der Waals surface area contributed by atoms with Crippen molar-refractivity contribution in [3.05, 3.63) is 89.2 Å². The molecule has 1 amide bonds. The molecule has 1 unspecified atom stereocenters. The van der Waals surface area contributed by atoms with E-state index in [2.05, 4.69) is 34.6 Å². The van der Waals surface area contributed by atoms with Gasteiger partial charge in [-0.3, -0.25) is 4.98 Å². The summed E-state index contributed by atoms with van der Waals surface area (Å²) in [5.74, 6) is -0.408. The van der Waals surface area contributed by atoms with Crippen LogP contribution in [0.25, 0.3) is 11.1 Å². The Bertz CT molecular complexity index is 1160. The van der Waals surface area contributed by atoms with E-state index in [1.165, 1.54) is 35.6 Å². The van der Waals surface area contributed by atoms with Crippen LogP contribution in [0.15, 0.2) is 67.0 Å². The highest BCUT2D eigenvalue weighted by molar-refractivity contribution is 5.89. The zero-order valence-corrected chi connectivity index (χ0v) is 20.8. The third kappa shape index (κ3) is 5.27. The Balaban J connectivity index is 0.00000171. The van der Waals surface area contributed by atoms with Crippen molar-refractivity contribution in [3.63, 3.8) is 0 Å². The van der Waals surface area contributed by atoms with Gasteiger partial charge >= 0.3 is 12.1 Å². The van der Waals surface area contributed by atoms with Crippen LogP contribution in [0.2, 0.25) is 0 Å². The van der Waals surface area contributed by atoms with Crippen LogP contribution in [0, 0.1) is 0 Å². The maximum atomic E-state index is 13.0. The minimum absolute atomic E-state index is 0. The minimum atomic E-state index is -0.437. The van der Waals surface area contributed by atoms with E-state index >= 15 is 0 Å². The molecule has 1 atom stereocenters. The highest BCUT2D eigenvalue weighted by atomic mass is 35.5. The third-order valence-corrected chi connectivity index (χ3v) is 6.35. The smallest absolute Gasteiger partial charge is 0.409 e. The summed E-state index contributed by atoms with van der Waals surface area (Å²) < 4.78 is 10.6. The fraction of sp³-hybridized carbons (Fsp3) is 0.269. The molecule has 9 heteroatoms. The predicted octanol–water partition coefficient (Wildman–Crippen LogP) is 4.61. The quantitative estimate of drug-likeness (QED) is 0.511. The number of ether oxygens (including phenoxy) is 2. The Morgan fingerprint density at radius 3 is 2.34 bits per heavy atom. The number of methoxy groups -OCH3 is 1. The van der Waals surface area contributed by atoms with Crippen LogP contribution in [0.4, 0.5) is 4.79 Å². The van der Waals surface area contributed by atoms with E-state index in [1.807, 2.05) is 24.3 Å². The van der Waals surface area contributed by atoms with Gasteiger partial charge in [-0.2, -0.15) is 0 Å². The molecule has 3 aromatic rings. The number of amides is 1. The van der Waals surface area contributed by atoms with Gasteiger partial charge in [-0.1, -0.05) is 48.5 Å². The number of nitrogens with zero attached hydrogens (tertiary/aromatic N) is 2. The van der Waals surface area contributed by atoms with Gasteiger partial charge in [-0.15, -0.1) is 24.8 Å². The summed E-state index contributed by atoms with van der Waals surface area (Å²) in [5, 5.41) is 3.39. The first-order valence-electron chi connectivity index (χ1n) is 11.0. The summed E-state index contributed by atoms with van der Waals surface area (Å²) in [7, 11) is 1.34. The lowest BCUT2D eigenvalue weighted by molar-refractivity contribution is 0.0599. The number of benzene rings is 2. The van der Waals surface area contributed by atoms with Crippen molar-refractivity contribution in [2.24, 2.45) is 0 Å². The topological polar surface area (TPSA) is 80.8 Å². The third-order valence-electron chi connectivity index (χ3n) is 6.35. The standard InChI is InChI=1S/C26H25N3O4.2ClH/c1-32-25(30)18-12-17(13-27-14-18)24-15-29(11-10-28-24)26(31)33-16-23-21-8-4-2-6-19(21)20-7-3-5-9-22(20)23;;/h2-9,12-14,23-24,28H,10-11,15-16H2,1H3;2*1H. The number of piperazine rings is 1. The average Bonchev–Trinajstić information content (AvgIpc) is 3.20. The molecule has 2 aromatic carbocycles. The summed E-state index contributed by atoms with van der Waals surface area (Å²) in [6, 6.07) is 18.2. The maximum absolute atomic E-state index is 13.0. The molecule has 2 aliphatic rings. The van der Waals surface area contributed by atoms with E-state index in [0.29, 0.717) is 31.8 Å². The second kappa shape index (κ2) is 11.5. The molecule has 0 radical (unpaired) electrons. The summed E-state index contributed by atoms with van der Waals surface area (Å²) in [4.78, 5) is 30.7. The van der Waals surface area contributed by atoms with E-state index in [0.717, 1.165) is 5.56 Å². The Morgan fingerprint density at radius 2 is 1.69 bits per heavy atom. The van der Waals surface area contributed by atoms with Crippen molar-refractivity contribution in [2.75, 3.05) is 33.4 Å². The van der Waals surface area contributed by atoms with Crippen LogP contribution in [0.1, 0.15) is 39.0 Å². The van der Waals surface area contributed by atoms with Crippen molar-refractivity contribution < 1.29 is 19.1 Å². The van der Waals surface area contributed by atoms with Crippen molar-refractivity contribution in [2.45, 2.75) is 12.0 Å². The first-order chi connectivity index (χ1) is 16.2. The minimum Gasteiger partial charge on any atom is -0.465 e. The monoisotopic (exact) mass is 515 g/mol. The van der Waals surface area contributed by atoms with E-state index < -0.39 is 5.97 Å². The molecule has 0 saturated carbocycles. The number of carbonyl (C=O) groups excluding carboxylic acids is 2. The summed E-state index contributed by atoms with van der Waals surface area (Å²) in [6.45, 7) is 1.90. The zero-order chi connectivity index (χ0) is 22.8. The van der Waals surface area contributed by atoms with Gasteiger partial charge in [-0.05, 0) is 33.9 Å². The van der Waals surface area contributed by atoms with Crippen molar-refractivity contribution in [3.8, 4) is 11.1 Å². The number of rotatable bonds is 4. The molecular weight excluding hydrogens is 489 g/mol. The molecule has 1 saturated heterocycles. The van der Waals surface area contributed by atoms with Crippen LogP contribution >= 0.6 is 24.8 Å². The molecule has 2 heterocycles. The fourth-order valence-corrected chi connectivity index (χ4v) is 4.70. The number of halogens is 2. The van der Waals surface area contributed by atoms with E-state index in [1.54, 1.807) is 17.2 Å². The van der Waals surface area contributed by atoms with Crippen molar-refractivity contribution >= 4 is 36.9 Å². The Morgan fingerprint density at radius 1 is 1.03 bits per heavy atom. The van der Waals surface area contributed by atoms with Crippen molar-refractivity contribution in [1.82, 2.24) is 15.2 Å². The van der Waals surface area contributed by atoms with Crippen LogP contribution in [-0.4, -0.2) is 55.3 Å². The molecule has 1 aromatic heterocycles. The Labute approximate surface area is 216 Å². The molecule has 184 valence electrons. The van der Waals surface area contributed by atoms with Crippen LogP contribution in [0.3, 0.4) is 0 Å². The number of esters is 1. The molecule has 1 aliphatic heterocycles. The average molecular weight is 516 g/mol. The summed E-state index contributed by atoms with van der Waals surface area (Å²) in [5.41, 5.74) is 6.00. The molecular formula is C26H27Cl2N3O4. The van der Waals surface area contributed by atoms with Gasteiger partial charge in [0.2, 0.25) is 0 Å². The Hall–Kier alpha value is -3.13. The summed E-state index contributed by atoms with van der Waals surface area (Å²) >= 11 is 0. The van der Waals surface area contributed by atoms with Gasteiger partial charge < -0.3 is 19.7 Å². The molecule has 35 heavy (non-hydrogen) atoms. The highest BCUT2D eigenvalue weighted by Gasteiger charge is 2.31. The van der Waals surface area contributed by atoms with Crippen LogP contribution < -0.4 is 5.32 Å². The number of aromatic nitrogens is 1. The van der Waals surface area contributed by atoms with Gasteiger partial charge in [0, 0.05) is 37.9 Å². The number of fused-ring (bicyclic) bond motifs is 3. The molecule has 1 aliphatic carbocycles. The lowest BCUT2D eigenvalue weighted by Crippen LogP contribution is -2.48. The molecule has 5 rings (SSSR count). The first kappa shape index (κ1) is 26.5. The van der Waals surface area contributed by atoms with Gasteiger partial charge in [0.1, 0.15) is 6.61 Å². The molecule has 7 nitrogen and oxygen atoms in total.